The zero-order chi connectivity index (χ0) is 31.8. The quantitative estimate of drug-likeness (QED) is 0.118. The molecule has 238 valence electrons. The Morgan fingerprint density at radius 1 is 0.659 bits per heavy atom. The Labute approximate surface area is 232 Å². The van der Waals surface area contributed by atoms with Crippen molar-refractivity contribution >= 4 is 16.9 Å². The number of carbonyl (C=O) groups excluding carboxylic acids is 1. The monoisotopic (exact) mass is 640 g/mol. The molecular formula is C25H29F13O2S. The third-order valence-corrected chi connectivity index (χ3v) is 6.91. The van der Waals surface area contributed by atoms with E-state index in [1.165, 1.54) is 37.1 Å². The van der Waals surface area contributed by atoms with Gasteiger partial charge < -0.3 is 4.74 Å². The highest BCUT2D eigenvalue weighted by molar-refractivity contribution is 8.14. The van der Waals surface area contributed by atoms with E-state index in [4.69, 9.17) is 4.74 Å². The highest BCUT2D eigenvalue weighted by Crippen LogP contribution is 2.60. The van der Waals surface area contributed by atoms with Gasteiger partial charge in [-0.2, -0.15) is 57.1 Å². The summed E-state index contributed by atoms with van der Waals surface area (Å²) in [5.74, 6) is -38.1. The van der Waals surface area contributed by atoms with E-state index < -0.39 is 53.1 Å². The van der Waals surface area contributed by atoms with Crippen molar-refractivity contribution in [3.05, 3.63) is 29.8 Å². The summed E-state index contributed by atoms with van der Waals surface area (Å²) in [5.41, 5.74) is -0.161. The second-order valence-corrected chi connectivity index (χ2v) is 10.3. The molecule has 0 N–H and O–H groups in total. The van der Waals surface area contributed by atoms with Crippen LogP contribution in [0.3, 0.4) is 0 Å². The largest absolute Gasteiger partial charge is 0.494 e. The predicted molar refractivity (Wildman–Crippen MR) is 127 cm³/mol. The SMILES string of the molecule is CCCCCCCCCCOc1ccc(C(=O)SCCC(F)(F)C(F)(F)C(F)(F)C(F)(F)C(F)(F)C(F)(F)F)cc1. The van der Waals surface area contributed by atoms with E-state index in [0.29, 0.717) is 12.4 Å². The maximum absolute atomic E-state index is 13.9. The Balaban J connectivity index is 2.66. The van der Waals surface area contributed by atoms with Crippen LogP contribution in [0.2, 0.25) is 0 Å². The van der Waals surface area contributed by atoms with Gasteiger partial charge >= 0.3 is 35.8 Å². The van der Waals surface area contributed by atoms with Gasteiger partial charge in [0.2, 0.25) is 5.12 Å². The van der Waals surface area contributed by atoms with Crippen LogP contribution in [-0.4, -0.2) is 53.3 Å². The van der Waals surface area contributed by atoms with Gasteiger partial charge in [-0.1, -0.05) is 63.6 Å². The molecule has 0 saturated carbocycles. The smallest absolute Gasteiger partial charge is 0.460 e. The van der Waals surface area contributed by atoms with Crippen LogP contribution >= 0.6 is 11.8 Å². The summed E-state index contributed by atoms with van der Waals surface area (Å²) >= 11 is -0.114. The van der Waals surface area contributed by atoms with Gasteiger partial charge in [0, 0.05) is 17.7 Å². The highest BCUT2D eigenvalue weighted by atomic mass is 32.2. The average molecular weight is 641 g/mol. The normalized spacial score (nSPS) is 13.9. The number of halogens is 13. The fraction of sp³-hybridized carbons (Fsp3) is 0.720. The minimum absolute atomic E-state index is 0.114. The molecule has 0 saturated heterocycles. The first-order valence-electron chi connectivity index (χ1n) is 12.5. The van der Waals surface area contributed by atoms with Gasteiger partial charge in [0.15, 0.2) is 0 Å². The molecule has 0 unspecified atom stereocenters. The maximum Gasteiger partial charge on any atom is 0.460 e. The number of benzene rings is 1. The standard InChI is InChI=1S/C25H29F13O2S/c1-2-3-4-5-6-7-8-9-15-40-18-12-10-17(11-13-18)19(39)41-16-14-20(26,27)21(28,29)22(30,31)23(32,33)24(34,35)25(36,37)38/h10-13H,2-9,14-16H2,1H3. The summed E-state index contributed by atoms with van der Waals surface area (Å²) in [4.78, 5) is 12.1. The third kappa shape index (κ3) is 8.82. The van der Waals surface area contributed by atoms with Crippen molar-refractivity contribution in [3.8, 4) is 5.75 Å². The van der Waals surface area contributed by atoms with Crippen molar-refractivity contribution in [3.63, 3.8) is 0 Å². The molecule has 0 atom stereocenters. The number of rotatable bonds is 18. The molecule has 1 aromatic rings. The molecule has 2 nitrogen and oxygen atoms in total. The van der Waals surface area contributed by atoms with Gasteiger partial charge in [-0.25, -0.2) is 0 Å². The summed E-state index contributed by atoms with van der Waals surface area (Å²) in [5, 5.41) is -1.03. The molecule has 16 heteroatoms. The predicted octanol–water partition coefficient (Wildman–Crippen LogP) is 10.2. The molecule has 0 aliphatic carbocycles. The van der Waals surface area contributed by atoms with Crippen molar-refractivity contribution in [2.45, 2.75) is 101 Å². The first-order chi connectivity index (χ1) is 18.7. The maximum atomic E-state index is 13.9. The molecule has 0 aliphatic heterocycles. The fourth-order valence-electron chi connectivity index (χ4n) is 3.43. The van der Waals surface area contributed by atoms with Crippen molar-refractivity contribution < 1.29 is 66.6 Å². The van der Waals surface area contributed by atoms with E-state index in [0.717, 1.165) is 38.5 Å². The van der Waals surface area contributed by atoms with Crippen LogP contribution in [0.5, 0.6) is 5.75 Å². The molecule has 0 radical (unpaired) electrons. The Hall–Kier alpha value is -1.87. The van der Waals surface area contributed by atoms with Gasteiger partial charge in [-0.05, 0) is 30.7 Å². The molecule has 0 aliphatic rings. The van der Waals surface area contributed by atoms with E-state index >= 15 is 0 Å². The Kier molecular flexibility index (Phi) is 13.2. The number of hydrogen-bond acceptors (Lipinski definition) is 3. The lowest BCUT2D eigenvalue weighted by atomic mass is 9.93. The molecular weight excluding hydrogens is 611 g/mol. The van der Waals surface area contributed by atoms with E-state index in [1.807, 2.05) is 0 Å². The van der Waals surface area contributed by atoms with Gasteiger partial charge in [0.05, 0.1) is 6.61 Å². The number of unbranched alkanes of at least 4 members (excludes halogenated alkanes) is 7. The van der Waals surface area contributed by atoms with E-state index in [-0.39, 0.29) is 17.3 Å². The molecule has 1 rings (SSSR count). The molecule has 0 spiro atoms. The van der Waals surface area contributed by atoms with Crippen LogP contribution < -0.4 is 4.74 Å². The van der Waals surface area contributed by atoms with Crippen LogP contribution in [0.25, 0.3) is 0 Å². The summed E-state index contributed by atoms with van der Waals surface area (Å²) < 4.78 is 176. The molecule has 0 heterocycles. The number of carbonyl (C=O) groups is 1. The second kappa shape index (κ2) is 14.5. The molecule has 0 bridgehead atoms. The number of hydrogen-bond donors (Lipinski definition) is 0. The van der Waals surface area contributed by atoms with E-state index in [1.54, 1.807) is 0 Å². The molecule has 0 aromatic heterocycles. The van der Waals surface area contributed by atoms with Gasteiger partial charge in [-0.15, -0.1) is 0 Å². The summed E-state index contributed by atoms with van der Waals surface area (Å²) in [6.45, 7) is 2.50. The second-order valence-electron chi connectivity index (χ2n) is 9.23. The summed E-state index contributed by atoms with van der Waals surface area (Å²) in [6.07, 6.45) is -1.33. The minimum Gasteiger partial charge on any atom is -0.494 e. The van der Waals surface area contributed by atoms with Gasteiger partial charge in [-0.3, -0.25) is 4.79 Å². The Bertz CT molecular complexity index is 948. The fourth-order valence-corrected chi connectivity index (χ4v) is 4.27. The van der Waals surface area contributed by atoms with Crippen LogP contribution in [0, 0.1) is 0 Å². The lowest BCUT2D eigenvalue weighted by molar-refractivity contribution is -0.439. The number of ether oxygens (including phenoxy) is 1. The third-order valence-electron chi connectivity index (χ3n) is 6.00. The van der Waals surface area contributed by atoms with Crippen LogP contribution in [0.1, 0.15) is 75.1 Å². The molecule has 1 aromatic carbocycles. The summed E-state index contributed by atoms with van der Waals surface area (Å²) in [7, 11) is 0. The Morgan fingerprint density at radius 3 is 1.61 bits per heavy atom. The van der Waals surface area contributed by atoms with E-state index in [9.17, 15) is 61.9 Å². The first-order valence-corrected chi connectivity index (χ1v) is 13.5. The Morgan fingerprint density at radius 2 is 1.12 bits per heavy atom. The van der Waals surface area contributed by atoms with Crippen molar-refractivity contribution in [1.29, 1.82) is 0 Å². The molecule has 0 fully saturated rings. The topological polar surface area (TPSA) is 26.3 Å². The lowest BCUT2D eigenvalue weighted by Gasteiger charge is -2.39. The molecule has 41 heavy (non-hydrogen) atoms. The average Bonchev–Trinajstić information content (AvgIpc) is 2.86. The molecule has 0 amide bonds. The van der Waals surface area contributed by atoms with Crippen LogP contribution in [0.4, 0.5) is 57.1 Å². The van der Waals surface area contributed by atoms with Crippen LogP contribution in [-0.2, 0) is 0 Å². The minimum atomic E-state index is -7.94. The number of thioether (sulfide) groups is 1. The van der Waals surface area contributed by atoms with Crippen molar-refractivity contribution in [1.82, 2.24) is 0 Å². The lowest BCUT2D eigenvalue weighted by Crippen LogP contribution is -2.70. The highest BCUT2D eigenvalue weighted by Gasteiger charge is 2.90. The van der Waals surface area contributed by atoms with Gasteiger partial charge in [0.1, 0.15) is 5.75 Å². The van der Waals surface area contributed by atoms with E-state index in [2.05, 4.69) is 6.92 Å². The van der Waals surface area contributed by atoms with Crippen molar-refractivity contribution in [2.24, 2.45) is 0 Å². The van der Waals surface area contributed by atoms with Crippen molar-refractivity contribution in [2.75, 3.05) is 12.4 Å². The number of alkyl halides is 13. The van der Waals surface area contributed by atoms with Gasteiger partial charge in [0.25, 0.3) is 0 Å². The van der Waals surface area contributed by atoms with Crippen LogP contribution in [0.15, 0.2) is 24.3 Å². The zero-order valence-electron chi connectivity index (χ0n) is 21.7. The summed E-state index contributed by atoms with van der Waals surface area (Å²) in [6, 6.07) is 5.04. The zero-order valence-corrected chi connectivity index (χ0v) is 22.5. The first kappa shape index (κ1) is 37.2.